The van der Waals surface area contributed by atoms with E-state index in [0.717, 1.165) is 5.56 Å². The highest BCUT2D eigenvalue weighted by molar-refractivity contribution is 7.91. The zero-order chi connectivity index (χ0) is 22.2. The van der Waals surface area contributed by atoms with Crippen LogP contribution in [0.5, 0.6) is 0 Å². The molecule has 31 heavy (non-hydrogen) atoms. The quantitative estimate of drug-likeness (QED) is 0.461. The Bertz CT molecular complexity index is 1310. The number of sulfone groups is 1. The molecule has 8 heteroatoms. The number of nitrogen functional groups attached to an aromatic ring is 1. The number of nitrogens with two attached hydrogens (primary N) is 1. The molecule has 1 aromatic heterocycles. The van der Waals surface area contributed by atoms with E-state index in [1.807, 2.05) is 13.8 Å². The van der Waals surface area contributed by atoms with Gasteiger partial charge in [0.25, 0.3) is 0 Å². The monoisotopic (exact) mass is 436 g/mol. The lowest BCUT2D eigenvalue weighted by Gasteiger charge is -2.10. The summed E-state index contributed by atoms with van der Waals surface area (Å²) >= 11 is 0. The number of hydrogen-bond acceptors (Lipinski definition) is 5. The first-order valence-electron chi connectivity index (χ1n) is 9.70. The molecule has 0 aliphatic heterocycles. The Morgan fingerprint density at radius 1 is 0.903 bits per heavy atom. The fraction of sp³-hybridized carbons (Fsp3) is 0.130. The van der Waals surface area contributed by atoms with Crippen molar-refractivity contribution < 1.29 is 12.8 Å². The second-order valence-electron chi connectivity index (χ2n) is 7.48. The number of anilines is 1. The van der Waals surface area contributed by atoms with Crippen LogP contribution < -0.4 is 5.73 Å². The standard InChI is InChI=1S/C23H21FN4O2S/c1-15(2)16-5-13-21(14-6-16)31(29,30)23-22(17-3-7-18(24)8-4-17)28(27-26-23)20-11-9-19(25)10-12-20/h3-15H,25H2,1-2H3. The predicted octanol–water partition coefficient (Wildman–Crippen LogP) is 4.61. The van der Waals surface area contributed by atoms with Crippen molar-refractivity contribution in [3.63, 3.8) is 0 Å². The van der Waals surface area contributed by atoms with Gasteiger partial charge in [-0.15, -0.1) is 5.10 Å². The minimum Gasteiger partial charge on any atom is -0.399 e. The van der Waals surface area contributed by atoms with Crippen LogP contribution >= 0.6 is 0 Å². The molecule has 0 saturated heterocycles. The third-order valence-corrected chi connectivity index (χ3v) is 6.68. The van der Waals surface area contributed by atoms with Crippen molar-refractivity contribution in [3.05, 3.63) is 84.2 Å². The molecule has 3 aromatic carbocycles. The summed E-state index contributed by atoms with van der Waals surface area (Å²) in [6.07, 6.45) is 0. The summed E-state index contributed by atoms with van der Waals surface area (Å²) in [5.74, 6) is -0.151. The molecule has 0 fully saturated rings. The van der Waals surface area contributed by atoms with E-state index in [9.17, 15) is 12.8 Å². The maximum atomic E-state index is 13.5. The molecule has 158 valence electrons. The first-order valence-corrected chi connectivity index (χ1v) is 11.2. The molecule has 0 saturated carbocycles. The number of aromatic nitrogens is 3. The molecule has 4 aromatic rings. The van der Waals surface area contributed by atoms with Gasteiger partial charge in [0, 0.05) is 11.3 Å². The molecule has 0 bridgehead atoms. The van der Waals surface area contributed by atoms with Gasteiger partial charge >= 0.3 is 0 Å². The normalized spacial score (nSPS) is 11.7. The van der Waals surface area contributed by atoms with Crippen molar-refractivity contribution >= 4 is 15.5 Å². The second kappa shape index (κ2) is 7.96. The van der Waals surface area contributed by atoms with Crippen LogP contribution in [0.1, 0.15) is 25.3 Å². The van der Waals surface area contributed by atoms with Crippen molar-refractivity contribution in [2.45, 2.75) is 29.7 Å². The largest absolute Gasteiger partial charge is 0.399 e. The summed E-state index contributed by atoms with van der Waals surface area (Å²) < 4.78 is 41.9. The van der Waals surface area contributed by atoms with E-state index in [2.05, 4.69) is 10.3 Å². The third kappa shape index (κ3) is 3.94. The van der Waals surface area contributed by atoms with Crippen LogP contribution in [0.2, 0.25) is 0 Å². The van der Waals surface area contributed by atoms with Gasteiger partial charge in [-0.2, -0.15) is 0 Å². The Labute approximate surface area is 180 Å². The van der Waals surface area contributed by atoms with E-state index in [0.29, 0.717) is 16.9 Å². The molecule has 0 atom stereocenters. The van der Waals surface area contributed by atoms with E-state index in [4.69, 9.17) is 5.73 Å². The molecule has 2 N–H and O–H groups in total. The SMILES string of the molecule is CC(C)c1ccc(S(=O)(=O)c2nnn(-c3ccc(N)cc3)c2-c2ccc(F)cc2)cc1. The fourth-order valence-electron chi connectivity index (χ4n) is 3.24. The molecule has 1 heterocycles. The lowest BCUT2D eigenvalue weighted by molar-refractivity contribution is 0.592. The van der Waals surface area contributed by atoms with Crippen LogP contribution in [-0.2, 0) is 9.84 Å². The van der Waals surface area contributed by atoms with Gasteiger partial charge in [0.15, 0.2) is 0 Å². The van der Waals surface area contributed by atoms with Gasteiger partial charge in [0.2, 0.25) is 14.9 Å². The van der Waals surface area contributed by atoms with Crippen LogP contribution in [-0.4, -0.2) is 23.4 Å². The van der Waals surface area contributed by atoms with Gasteiger partial charge in [-0.05, 0) is 72.1 Å². The summed E-state index contributed by atoms with van der Waals surface area (Å²) in [4.78, 5) is 0.115. The van der Waals surface area contributed by atoms with E-state index in [1.54, 1.807) is 48.5 Å². The van der Waals surface area contributed by atoms with Crippen molar-refractivity contribution in [1.29, 1.82) is 0 Å². The fourth-order valence-corrected chi connectivity index (χ4v) is 4.56. The van der Waals surface area contributed by atoms with Gasteiger partial charge in [-0.1, -0.05) is 31.2 Å². The van der Waals surface area contributed by atoms with E-state index >= 15 is 0 Å². The van der Waals surface area contributed by atoms with Crippen molar-refractivity contribution in [2.75, 3.05) is 5.73 Å². The molecule has 0 unspecified atom stereocenters. The predicted molar refractivity (Wildman–Crippen MR) is 117 cm³/mol. The first-order chi connectivity index (χ1) is 14.8. The highest BCUT2D eigenvalue weighted by Crippen LogP contribution is 2.32. The second-order valence-corrected chi connectivity index (χ2v) is 9.35. The smallest absolute Gasteiger partial charge is 0.227 e. The highest BCUT2D eigenvalue weighted by Gasteiger charge is 2.29. The number of hydrogen-bond donors (Lipinski definition) is 1. The summed E-state index contributed by atoms with van der Waals surface area (Å²) in [5.41, 5.74) is 8.66. The molecule has 0 spiro atoms. The maximum Gasteiger partial charge on any atom is 0.227 e. The molecule has 0 aliphatic carbocycles. The Morgan fingerprint density at radius 2 is 1.52 bits per heavy atom. The summed E-state index contributed by atoms with van der Waals surface area (Å²) in [6, 6.07) is 19.1. The average molecular weight is 437 g/mol. The average Bonchev–Trinajstić information content (AvgIpc) is 3.21. The van der Waals surface area contributed by atoms with Crippen LogP contribution in [0.4, 0.5) is 10.1 Å². The third-order valence-electron chi connectivity index (χ3n) is 5.01. The highest BCUT2D eigenvalue weighted by atomic mass is 32.2. The number of rotatable bonds is 5. The Kier molecular flexibility index (Phi) is 5.32. The molecule has 0 radical (unpaired) electrons. The van der Waals surface area contributed by atoms with Crippen LogP contribution in [0.15, 0.2) is 82.7 Å². The Balaban J connectivity index is 1.91. The molecule has 6 nitrogen and oxygen atoms in total. The zero-order valence-corrected chi connectivity index (χ0v) is 17.8. The van der Waals surface area contributed by atoms with Crippen LogP contribution in [0.3, 0.4) is 0 Å². The summed E-state index contributed by atoms with van der Waals surface area (Å²) in [5, 5.41) is 7.92. The summed E-state index contributed by atoms with van der Waals surface area (Å²) in [6.45, 7) is 4.07. The van der Waals surface area contributed by atoms with Crippen molar-refractivity contribution in [1.82, 2.24) is 15.0 Å². The van der Waals surface area contributed by atoms with Gasteiger partial charge in [0.1, 0.15) is 11.5 Å². The minimum absolute atomic E-state index is 0.115. The molecular formula is C23H21FN4O2S. The summed E-state index contributed by atoms with van der Waals surface area (Å²) in [7, 11) is -3.98. The van der Waals surface area contributed by atoms with E-state index in [-0.39, 0.29) is 21.5 Å². The Hall–Kier alpha value is -3.52. The van der Waals surface area contributed by atoms with E-state index in [1.165, 1.54) is 28.9 Å². The molecule has 0 aliphatic rings. The molecular weight excluding hydrogens is 415 g/mol. The van der Waals surface area contributed by atoms with Crippen molar-refractivity contribution in [2.24, 2.45) is 0 Å². The van der Waals surface area contributed by atoms with Crippen molar-refractivity contribution in [3.8, 4) is 16.9 Å². The Morgan fingerprint density at radius 3 is 2.10 bits per heavy atom. The van der Waals surface area contributed by atoms with Gasteiger partial charge < -0.3 is 5.73 Å². The van der Waals surface area contributed by atoms with Crippen LogP contribution in [0, 0.1) is 5.82 Å². The number of halogens is 1. The number of nitrogens with zero attached hydrogens (tertiary/aromatic N) is 3. The maximum absolute atomic E-state index is 13.5. The van der Waals surface area contributed by atoms with Gasteiger partial charge in [0.05, 0.1) is 10.6 Å². The van der Waals surface area contributed by atoms with E-state index < -0.39 is 15.7 Å². The zero-order valence-electron chi connectivity index (χ0n) is 17.0. The minimum atomic E-state index is -3.98. The lowest BCUT2D eigenvalue weighted by Crippen LogP contribution is -2.06. The molecule has 0 amide bonds. The first kappa shape index (κ1) is 20.7. The topological polar surface area (TPSA) is 90.9 Å². The van der Waals surface area contributed by atoms with Gasteiger partial charge in [-0.25, -0.2) is 17.5 Å². The van der Waals surface area contributed by atoms with Gasteiger partial charge in [-0.3, -0.25) is 0 Å². The lowest BCUT2D eigenvalue weighted by atomic mass is 10.0. The number of benzene rings is 3. The molecule has 4 rings (SSSR count). The van der Waals surface area contributed by atoms with Crippen LogP contribution in [0.25, 0.3) is 16.9 Å².